The van der Waals surface area contributed by atoms with Crippen molar-refractivity contribution in [2.75, 3.05) is 0 Å². The van der Waals surface area contributed by atoms with Crippen molar-refractivity contribution in [3.63, 3.8) is 0 Å². The van der Waals surface area contributed by atoms with E-state index >= 15 is 0 Å². The molecule has 0 saturated heterocycles. The molecule has 0 aliphatic heterocycles. The Morgan fingerprint density at radius 1 is 0.955 bits per heavy atom. The normalized spacial score (nSPS) is 11.0. The second-order valence-electron chi connectivity index (χ2n) is 4.44. The van der Waals surface area contributed by atoms with E-state index in [0.29, 0.717) is 5.69 Å². The second-order valence-corrected chi connectivity index (χ2v) is 4.44. The quantitative estimate of drug-likeness (QED) is 0.499. The van der Waals surface area contributed by atoms with E-state index in [1.165, 1.54) is 0 Å². The van der Waals surface area contributed by atoms with Gasteiger partial charge in [-0.1, -0.05) is 24.3 Å². The van der Waals surface area contributed by atoms with Crippen LogP contribution in [0.5, 0.6) is 0 Å². The molecule has 0 aliphatic rings. The first-order valence-electron chi connectivity index (χ1n) is 6.33. The van der Waals surface area contributed by atoms with Gasteiger partial charge in [-0.05, 0) is 35.4 Å². The lowest BCUT2D eigenvalue weighted by Gasteiger charge is -2.04. The molecule has 0 fully saturated rings. The molecule has 7 N–H and O–H groups in total. The second kappa shape index (κ2) is 6.40. The van der Waals surface area contributed by atoms with Gasteiger partial charge < -0.3 is 22.3 Å². The van der Waals surface area contributed by atoms with Crippen LogP contribution in [0.4, 0.5) is 5.69 Å². The summed E-state index contributed by atoms with van der Waals surface area (Å²) >= 11 is 0. The van der Waals surface area contributed by atoms with Crippen LogP contribution in [0.25, 0.3) is 11.1 Å². The van der Waals surface area contributed by atoms with E-state index in [9.17, 15) is 4.79 Å². The summed E-state index contributed by atoms with van der Waals surface area (Å²) in [4.78, 5) is 18.6. The molecule has 0 amide bonds. The van der Waals surface area contributed by atoms with Gasteiger partial charge in [0.05, 0.1) is 11.3 Å². The fourth-order valence-electron chi connectivity index (χ4n) is 1.85. The average molecular weight is 297 g/mol. The van der Waals surface area contributed by atoms with Crippen LogP contribution < -0.4 is 17.2 Å². The van der Waals surface area contributed by atoms with Crippen LogP contribution >= 0.6 is 0 Å². The number of hydrogen-bond acceptors (Lipinski definition) is 2. The summed E-state index contributed by atoms with van der Waals surface area (Å²) in [7, 11) is 0. The number of carbonyl (C=O) groups is 1. The van der Waals surface area contributed by atoms with E-state index in [1.54, 1.807) is 30.3 Å². The summed E-state index contributed by atoms with van der Waals surface area (Å²) in [6, 6.07) is 13.8. The van der Waals surface area contributed by atoms with Crippen LogP contribution in [0.1, 0.15) is 10.4 Å². The molecule has 0 saturated carbocycles. The first-order chi connectivity index (χ1) is 10.5. The van der Waals surface area contributed by atoms with Gasteiger partial charge in [0.25, 0.3) is 0 Å². The highest BCUT2D eigenvalue weighted by molar-refractivity contribution is 5.93. The first-order valence-corrected chi connectivity index (χ1v) is 6.33. The lowest BCUT2D eigenvalue weighted by Crippen LogP contribution is -2.26. The molecule has 7 nitrogen and oxygen atoms in total. The molecule has 0 spiro atoms. The molecule has 22 heavy (non-hydrogen) atoms. The zero-order chi connectivity index (χ0) is 16.1. The van der Waals surface area contributed by atoms with Crippen molar-refractivity contribution in [2.45, 2.75) is 0 Å². The summed E-state index contributed by atoms with van der Waals surface area (Å²) in [5.74, 6) is -1.17. The van der Waals surface area contributed by atoms with Gasteiger partial charge in [0, 0.05) is 0 Å². The molecule has 0 bridgehead atoms. The summed E-state index contributed by atoms with van der Waals surface area (Å²) < 4.78 is 0. The van der Waals surface area contributed by atoms with E-state index in [1.807, 2.05) is 18.2 Å². The Labute approximate surface area is 126 Å². The number of benzene rings is 2. The number of nitrogens with zero attached hydrogens (tertiary/aromatic N) is 2. The van der Waals surface area contributed by atoms with Crippen LogP contribution in [0, 0.1) is 0 Å². The Bertz CT molecular complexity index is 747. The summed E-state index contributed by atoms with van der Waals surface area (Å²) in [6.45, 7) is 0. The third-order valence-electron chi connectivity index (χ3n) is 2.80. The van der Waals surface area contributed by atoms with Crippen LogP contribution in [0.2, 0.25) is 0 Å². The predicted octanol–water partition coefficient (Wildman–Crippen LogP) is 1.27. The van der Waals surface area contributed by atoms with E-state index in [4.69, 9.17) is 22.3 Å². The number of nitrogens with two attached hydrogens (primary N) is 3. The molecule has 0 unspecified atom stereocenters. The SMILES string of the molecule is NC(N)=NC(N)=Nc1ccc(-c2cccc(C(=O)O)c2)cc1. The van der Waals surface area contributed by atoms with Crippen molar-refractivity contribution < 1.29 is 9.90 Å². The van der Waals surface area contributed by atoms with Gasteiger partial charge in [0.15, 0.2) is 5.96 Å². The fraction of sp³-hybridized carbons (Fsp3) is 0. The van der Waals surface area contributed by atoms with E-state index in [2.05, 4.69) is 9.98 Å². The molecule has 0 aromatic heterocycles. The third-order valence-corrected chi connectivity index (χ3v) is 2.80. The molecule has 7 heteroatoms. The number of hydrogen-bond donors (Lipinski definition) is 4. The zero-order valence-corrected chi connectivity index (χ0v) is 11.6. The van der Waals surface area contributed by atoms with E-state index in [0.717, 1.165) is 11.1 Å². The zero-order valence-electron chi connectivity index (χ0n) is 11.6. The van der Waals surface area contributed by atoms with Crippen molar-refractivity contribution in [3.8, 4) is 11.1 Å². The van der Waals surface area contributed by atoms with Crippen LogP contribution in [-0.4, -0.2) is 23.0 Å². The predicted molar refractivity (Wildman–Crippen MR) is 85.9 cm³/mol. The molecule has 2 rings (SSSR count). The highest BCUT2D eigenvalue weighted by Gasteiger charge is 2.04. The first kappa shape index (κ1) is 15.0. The average Bonchev–Trinajstić information content (AvgIpc) is 2.47. The van der Waals surface area contributed by atoms with Crippen molar-refractivity contribution >= 4 is 23.6 Å². The van der Waals surface area contributed by atoms with Crippen molar-refractivity contribution in [3.05, 3.63) is 54.1 Å². The third kappa shape index (κ3) is 3.83. The molecule has 0 heterocycles. The minimum absolute atomic E-state index is 0.0411. The minimum Gasteiger partial charge on any atom is -0.478 e. The Morgan fingerprint density at radius 2 is 1.64 bits per heavy atom. The van der Waals surface area contributed by atoms with Crippen LogP contribution in [-0.2, 0) is 0 Å². The van der Waals surface area contributed by atoms with Crippen molar-refractivity contribution in [1.29, 1.82) is 0 Å². The number of aromatic carboxylic acids is 1. The lowest BCUT2D eigenvalue weighted by atomic mass is 10.0. The maximum Gasteiger partial charge on any atom is 0.335 e. The van der Waals surface area contributed by atoms with Crippen LogP contribution in [0.15, 0.2) is 58.5 Å². The smallest absolute Gasteiger partial charge is 0.335 e. The monoisotopic (exact) mass is 297 g/mol. The lowest BCUT2D eigenvalue weighted by molar-refractivity contribution is 0.0697. The largest absolute Gasteiger partial charge is 0.478 e. The Hall–Kier alpha value is -3.35. The number of carboxylic acid groups (broad SMARTS) is 1. The van der Waals surface area contributed by atoms with Gasteiger partial charge in [0.1, 0.15) is 0 Å². The molecular formula is C15H15N5O2. The minimum atomic E-state index is -0.965. The van der Waals surface area contributed by atoms with Gasteiger partial charge >= 0.3 is 5.97 Å². The van der Waals surface area contributed by atoms with E-state index < -0.39 is 5.97 Å². The molecule has 2 aromatic carbocycles. The highest BCUT2D eigenvalue weighted by atomic mass is 16.4. The maximum atomic E-state index is 11.0. The van der Waals surface area contributed by atoms with Gasteiger partial charge in [-0.15, -0.1) is 0 Å². The standard InChI is InChI=1S/C15H15N5O2/c16-14(17)20-15(18)19-12-6-4-9(5-7-12)10-2-1-3-11(8-10)13(21)22/h1-8H,(H,21,22)(H6,16,17,18,19,20). The number of carboxylic acids is 1. The molecule has 0 atom stereocenters. The summed E-state index contributed by atoms with van der Waals surface area (Å²) in [5.41, 5.74) is 18.4. The van der Waals surface area contributed by atoms with Crippen molar-refractivity contribution in [1.82, 2.24) is 0 Å². The molecular weight excluding hydrogens is 282 g/mol. The summed E-state index contributed by atoms with van der Waals surface area (Å²) in [5, 5.41) is 9.01. The molecule has 0 radical (unpaired) electrons. The molecule has 0 aliphatic carbocycles. The van der Waals surface area contributed by atoms with E-state index in [-0.39, 0.29) is 17.5 Å². The number of guanidine groups is 2. The van der Waals surface area contributed by atoms with Gasteiger partial charge in [-0.3, -0.25) is 0 Å². The maximum absolute atomic E-state index is 11.0. The number of rotatable bonds is 3. The molecule has 112 valence electrons. The Morgan fingerprint density at radius 3 is 2.23 bits per heavy atom. The fourth-order valence-corrected chi connectivity index (χ4v) is 1.85. The topological polar surface area (TPSA) is 140 Å². The number of aliphatic imine (C=N–C) groups is 2. The Balaban J connectivity index is 2.28. The molecule has 2 aromatic rings. The van der Waals surface area contributed by atoms with Crippen molar-refractivity contribution in [2.24, 2.45) is 27.2 Å². The van der Waals surface area contributed by atoms with Gasteiger partial charge in [0.2, 0.25) is 5.96 Å². The highest BCUT2D eigenvalue weighted by Crippen LogP contribution is 2.23. The summed E-state index contributed by atoms with van der Waals surface area (Å²) in [6.07, 6.45) is 0. The van der Waals surface area contributed by atoms with Crippen LogP contribution in [0.3, 0.4) is 0 Å². The van der Waals surface area contributed by atoms with Gasteiger partial charge in [-0.25, -0.2) is 9.79 Å². The Kier molecular flexibility index (Phi) is 4.38. The van der Waals surface area contributed by atoms with Gasteiger partial charge in [-0.2, -0.15) is 4.99 Å².